The summed E-state index contributed by atoms with van der Waals surface area (Å²) in [6, 6.07) is 8.21. The predicted molar refractivity (Wildman–Crippen MR) is 94.5 cm³/mol. The van der Waals surface area contributed by atoms with E-state index < -0.39 is 0 Å². The molecule has 0 aromatic heterocycles. The molecule has 4 nitrogen and oxygen atoms in total. The maximum absolute atomic E-state index is 12.4. The summed E-state index contributed by atoms with van der Waals surface area (Å²) >= 11 is 3.48. The van der Waals surface area contributed by atoms with E-state index in [-0.39, 0.29) is 5.91 Å². The second-order valence-electron chi connectivity index (χ2n) is 6.45. The van der Waals surface area contributed by atoms with Crippen molar-refractivity contribution in [3.05, 3.63) is 34.3 Å². The number of nitrogens with zero attached hydrogens (tertiary/aromatic N) is 2. The van der Waals surface area contributed by atoms with Gasteiger partial charge in [0.1, 0.15) is 0 Å². The van der Waals surface area contributed by atoms with Crippen molar-refractivity contribution in [3.8, 4) is 0 Å². The summed E-state index contributed by atoms with van der Waals surface area (Å²) in [5, 5.41) is 0. The average Bonchev–Trinajstić information content (AvgIpc) is 3.06. The number of benzene rings is 1. The number of halogens is 1. The van der Waals surface area contributed by atoms with E-state index in [9.17, 15) is 4.79 Å². The number of carbonyl (C=O) groups excluding carboxylic acids is 1. The fourth-order valence-corrected chi connectivity index (χ4v) is 3.80. The van der Waals surface area contributed by atoms with Gasteiger partial charge in [-0.2, -0.15) is 0 Å². The molecule has 5 heteroatoms. The van der Waals surface area contributed by atoms with E-state index in [0.717, 1.165) is 50.2 Å². The fraction of sp³-hybridized carbons (Fsp3) is 0.611. The van der Waals surface area contributed by atoms with Crippen molar-refractivity contribution in [1.29, 1.82) is 0 Å². The maximum Gasteiger partial charge on any atom is 0.222 e. The number of carbonyl (C=O) groups is 1. The van der Waals surface area contributed by atoms with Crippen molar-refractivity contribution in [1.82, 2.24) is 9.80 Å². The van der Waals surface area contributed by atoms with Crippen molar-refractivity contribution < 1.29 is 9.53 Å². The van der Waals surface area contributed by atoms with Crippen LogP contribution in [0, 0.1) is 0 Å². The summed E-state index contributed by atoms with van der Waals surface area (Å²) in [4.78, 5) is 16.8. The van der Waals surface area contributed by atoms with Gasteiger partial charge in [-0.05, 0) is 37.0 Å². The largest absolute Gasteiger partial charge is 0.377 e. The second kappa shape index (κ2) is 8.27. The molecule has 0 radical (unpaired) electrons. The van der Waals surface area contributed by atoms with Gasteiger partial charge in [-0.15, -0.1) is 0 Å². The molecule has 2 fully saturated rings. The van der Waals surface area contributed by atoms with Crippen LogP contribution in [0.5, 0.6) is 0 Å². The van der Waals surface area contributed by atoms with E-state index >= 15 is 0 Å². The van der Waals surface area contributed by atoms with Crippen molar-refractivity contribution in [2.45, 2.75) is 31.8 Å². The lowest BCUT2D eigenvalue weighted by Gasteiger charge is -2.35. The molecule has 1 atom stereocenters. The standard InChI is InChI=1S/C18H25BrN2O2/c19-16-4-1-3-15(13-16)6-7-18(22)21-10-8-20(9-11-21)14-17-5-2-12-23-17/h1,3-4,13,17H,2,5-12,14H2. The molecular weight excluding hydrogens is 356 g/mol. The molecule has 1 amide bonds. The third-order valence-electron chi connectivity index (χ3n) is 4.73. The van der Waals surface area contributed by atoms with Crippen molar-refractivity contribution in [3.63, 3.8) is 0 Å². The molecule has 0 N–H and O–H groups in total. The minimum Gasteiger partial charge on any atom is -0.377 e. The summed E-state index contributed by atoms with van der Waals surface area (Å²) < 4.78 is 6.78. The Morgan fingerprint density at radius 2 is 2.09 bits per heavy atom. The van der Waals surface area contributed by atoms with Crippen LogP contribution >= 0.6 is 15.9 Å². The van der Waals surface area contributed by atoms with Crippen LogP contribution in [-0.4, -0.2) is 61.1 Å². The molecule has 2 saturated heterocycles. The lowest BCUT2D eigenvalue weighted by Crippen LogP contribution is -2.50. The quantitative estimate of drug-likeness (QED) is 0.786. The van der Waals surface area contributed by atoms with Crippen molar-refractivity contribution in [2.24, 2.45) is 0 Å². The van der Waals surface area contributed by atoms with Gasteiger partial charge in [-0.25, -0.2) is 0 Å². The first-order valence-electron chi connectivity index (χ1n) is 8.57. The zero-order chi connectivity index (χ0) is 16.1. The van der Waals surface area contributed by atoms with Crippen molar-refractivity contribution >= 4 is 21.8 Å². The first-order valence-corrected chi connectivity index (χ1v) is 9.36. The lowest BCUT2D eigenvalue weighted by atomic mass is 10.1. The summed E-state index contributed by atoms with van der Waals surface area (Å²) in [6.07, 6.45) is 4.20. The number of piperazine rings is 1. The topological polar surface area (TPSA) is 32.8 Å². The molecule has 1 aromatic rings. The molecule has 1 unspecified atom stereocenters. The number of amides is 1. The van der Waals surface area contributed by atoms with Crippen LogP contribution in [0.15, 0.2) is 28.7 Å². The van der Waals surface area contributed by atoms with E-state index in [2.05, 4.69) is 33.0 Å². The van der Waals surface area contributed by atoms with Crippen LogP contribution in [0.1, 0.15) is 24.8 Å². The van der Waals surface area contributed by atoms with Gasteiger partial charge in [0.05, 0.1) is 6.10 Å². The molecule has 2 heterocycles. The minimum atomic E-state index is 0.279. The number of hydrogen-bond donors (Lipinski definition) is 0. The Morgan fingerprint density at radius 3 is 2.78 bits per heavy atom. The van der Waals surface area contributed by atoms with E-state index in [0.29, 0.717) is 12.5 Å². The number of aryl methyl sites for hydroxylation is 1. The van der Waals surface area contributed by atoms with E-state index in [1.165, 1.54) is 18.4 Å². The van der Waals surface area contributed by atoms with Crippen LogP contribution < -0.4 is 0 Å². The molecule has 0 aliphatic carbocycles. The van der Waals surface area contributed by atoms with Crippen LogP contribution in [0.4, 0.5) is 0 Å². The average molecular weight is 381 g/mol. The van der Waals surface area contributed by atoms with Crippen LogP contribution in [-0.2, 0) is 16.0 Å². The van der Waals surface area contributed by atoms with E-state index in [1.54, 1.807) is 0 Å². The third-order valence-corrected chi connectivity index (χ3v) is 5.22. The Morgan fingerprint density at radius 1 is 1.26 bits per heavy atom. The zero-order valence-electron chi connectivity index (χ0n) is 13.5. The predicted octanol–water partition coefficient (Wildman–Crippen LogP) is 2.70. The highest BCUT2D eigenvalue weighted by molar-refractivity contribution is 9.10. The highest BCUT2D eigenvalue weighted by Gasteiger charge is 2.24. The van der Waals surface area contributed by atoms with E-state index in [1.807, 2.05) is 17.0 Å². The molecule has 0 bridgehead atoms. The Kier molecular flexibility index (Phi) is 6.08. The molecule has 1 aromatic carbocycles. The zero-order valence-corrected chi connectivity index (χ0v) is 15.1. The Balaban J connectivity index is 1.39. The monoisotopic (exact) mass is 380 g/mol. The van der Waals surface area contributed by atoms with Gasteiger partial charge >= 0.3 is 0 Å². The molecule has 0 spiro atoms. The second-order valence-corrected chi connectivity index (χ2v) is 7.36. The molecule has 2 aliphatic rings. The first kappa shape index (κ1) is 16.9. The van der Waals surface area contributed by atoms with Crippen LogP contribution in [0.2, 0.25) is 0 Å². The highest BCUT2D eigenvalue weighted by Crippen LogP contribution is 2.16. The number of rotatable bonds is 5. The van der Waals surface area contributed by atoms with Gasteiger partial charge < -0.3 is 9.64 Å². The fourth-order valence-electron chi connectivity index (χ4n) is 3.36. The summed E-state index contributed by atoms with van der Waals surface area (Å²) in [6.45, 7) is 5.60. The first-order chi connectivity index (χ1) is 11.2. The Labute approximate surface area is 146 Å². The maximum atomic E-state index is 12.4. The molecule has 23 heavy (non-hydrogen) atoms. The Hall–Kier alpha value is -0.910. The smallest absolute Gasteiger partial charge is 0.222 e. The third kappa shape index (κ3) is 5.03. The molecule has 3 rings (SSSR count). The van der Waals surface area contributed by atoms with Gasteiger partial charge in [-0.1, -0.05) is 28.1 Å². The van der Waals surface area contributed by atoms with Gasteiger partial charge in [0.25, 0.3) is 0 Å². The molecule has 2 aliphatic heterocycles. The van der Waals surface area contributed by atoms with Gasteiger partial charge in [0.15, 0.2) is 0 Å². The molecular formula is C18H25BrN2O2. The summed E-state index contributed by atoms with van der Waals surface area (Å²) in [5.41, 5.74) is 1.21. The number of hydrogen-bond acceptors (Lipinski definition) is 3. The minimum absolute atomic E-state index is 0.279. The Bertz CT molecular complexity index is 524. The normalized spacial score (nSPS) is 22.5. The van der Waals surface area contributed by atoms with Crippen molar-refractivity contribution in [2.75, 3.05) is 39.3 Å². The lowest BCUT2D eigenvalue weighted by molar-refractivity contribution is -0.133. The van der Waals surface area contributed by atoms with Gasteiger partial charge in [-0.3, -0.25) is 9.69 Å². The molecule has 126 valence electrons. The number of ether oxygens (including phenoxy) is 1. The highest BCUT2D eigenvalue weighted by atomic mass is 79.9. The van der Waals surface area contributed by atoms with Gasteiger partial charge in [0, 0.05) is 50.2 Å². The summed E-state index contributed by atoms with van der Waals surface area (Å²) in [5.74, 6) is 0.279. The van der Waals surface area contributed by atoms with Crippen LogP contribution in [0.3, 0.4) is 0 Å². The summed E-state index contributed by atoms with van der Waals surface area (Å²) in [7, 11) is 0. The van der Waals surface area contributed by atoms with Gasteiger partial charge in [0.2, 0.25) is 5.91 Å². The van der Waals surface area contributed by atoms with E-state index in [4.69, 9.17) is 4.74 Å². The van der Waals surface area contributed by atoms with Crippen LogP contribution in [0.25, 0.3) is 0 Å². The molecule has 0 saturated carbocycles. The SMILES string of the molecule is O=C(CCc1cccc(Br)c1)N1CCN(CC2CCCO2)CC1.